The Morgan fingerprint density at radius 1 is 1.24 bits per heavy atom. The van der Waals surface area contributed by atoms with Crippen molar-refractivity contribution in [2.45, 2.75) is 44.6 Å². The summed E-state index contributed by atoms with van der Waals surface area (Å²) >= 11 is -1.14. The van der Waals surface area contributed by atoms with Crippen molar-refractivity contribution in [3.63, 3.8) is 0 Å². The van der Waals surface area contributed by atoms with E-state index in [9.17, 15) is 4.55 Å². The van der Waals surface area contributed by atoms with Crippen molar-refractivity contribution in [3.05, 3.63) is 42.7 Å². The van der Waals surface area contributed by atoms with E-state index in [1.807, 2.05) is 6.07 Å². The second kappa shape index (κ2) is 9.66. The second-order valence-electron chi connectivity index (χ2n) is 8.32. The quantitative estimate of drug-likeness (QED) is 0.258. The molecule has 4 aromatic heterocycles. The van der Waals surface area contributed by atoms with Crippen molar-refractivity contribution in [3.8, 4) is 11.4 Å². The summed E-state index contributed by atoms with van der Waals surface area (Å²) in [6.45, 7) is 4.70. The first-order chi connectivity index (χ1) is 16.5. The van der Waals surface area contributed by atoms with Crippen LogP contribution in [0.15, 0.2) is 36.9 Å². The number of aromatic nitrogens is 7. The number of ether oxygens (including phenoxy) is 1. The molecule has 4 aromatic rings. The first kappa shape index (κ1) is 22.7. The van der Waals surface area contributed by atoms with Gasteiger partial charge >= 0.3 is 0 Å². The molecule has 1 fully saturated rings. The summed E-state index contributed by atoms with van der Waals surface area (Å²) in [5.41, 5.74) is 2.39. The molecule has 0 amide bonds. The molecule has 0 aromatic carbocycles. The van der Waals surface area contributed by atoms with E-state index in [4.69, 9.17) is 9.84 Å². The van der Waals surface area contributed by atoms with E-state index in [0.717, 1.165) is 29.7 Å². The molecule has 1 atom stereocenters. The highest BCUT2D eigenvalue weighted by atomic mass is 32.2. The molecule has 11 nitrogen and oxygen atoms in total. The maximum Gasteiger partial charge on any atom is 0.164 e. The minimum Gasteiger partial charge on any atom is -0.591 e. The number of aliphatic hydroxyl groups excluding tert-OH is 1. The van der Waals surface area contributed by atoms with E-state index < -0.39 is 11.4 Å². The van der Waals surface area contributed by atoms with Crippen LogP contribution in [0, 0.1) is 0 Å². The fourth-order valence-electron chi connectivity index (χ4n) is 3.66. The number of imidazole rings is 1. The molecule has 0 radical (unpaired) electrons. The Hall–Kier alpha value is -3.06. The Labute approximate surface area is 199 Å². The van der Waals surface area contributed by atoms with E-state index in [2.05, 4.69) is 48.8 Å². The molecule has 12 heteroatoms. The maximum absolute atomic E-state index is 12.3. The van der Waals surface area contributed by atoms with Crippen LogP contribution in [-0.4, -0.2) is 61.8 Å². The lowest BCUT2D eigenvalue weighted by atomic mass is 10.3. The third-order valence-electron chi connectivity index (χ3n) is 5.36. The average molecular weight is 483 g/mol. The van der Waals surface area contributed by atoms with Crippen molar-refractivity contribution < 1.29 is 14.4 Å². The van der Waals surface area contributed by atoms with Crippen molar-refractivity contribution in [1.82, 2.24) is 33.7 Å². The molecule has 0 saturated heterocycles. The highest BCUT2D eigenvalue weighted by molar-refractivity contribution is 7.90. The maximum atomic E-state index is 12.3. The van der Waals surface area contributed by atoms with Gasteiger partial charge in [-0.05, 0) is 19.9 Å². The third-order valence-corrected chi connectivity index (χ3v) is 6.97. The zero-order chi connectivity index (χ0) is 23.7. The van der Waals surface area contributed by atoms with Crippen molar-refractivity contribution in [1.29, 1.82) is 0 Å². The largest absolute Gasteiger partial charge is 0.591 e. The first-order valence-electron chi connectivity index (χ1n) is 11.1. The summed E-state index contributed by atoms with van der Waals surface area (Å²) in [6, 6.07) is 3.85. The summed E-state index contributed by atoms with van der Waals surface area (Å²) in [5, 5.41) is 16.6. The van der Waals surface area contributed by atoms with Crippen LogP contribution in [0.3, 0.4) is 0 Å². The Balaban J connectivity index is 1.38. The minimum atomic E-state index is -1.14. The summed E-state index contributed by atoms with van der Waals surface area (Å²) in [5.74, 6) is 2.46. The van der Waals surface area contributed by atoms with Gasteiger partial charge in [0, 0.05) is 31.1 Å². The number of nitrogens with one attached hydrogen (secondary N) is 1. The first-order valence-corrected chi connectivity index (χ1v) is 12.3. The second-order valence-corrected chi connectivity index (χ2v) is 9.92. The van der Waals surface area contributed by atoms with Crippen LogP contribution < -0.4 is 5.32 Å². The van der Waals surface area contributed by atoms with Gasteiger partial charge in [-0.25, -0.2) is 19.9 Å². The van der Waals surface area contributed by atoms with Gasteiger partial charge in [0.1, 0.15) is 34.8 Å². The predicted octanol–water partition coefficient (Wildman–Crippen LogP) is 2.59. The Bertz CT molecular complexity index is 1290. The number of pyridine rings is 1. The third kappa shape index (κ3) is 4.75. The SMILES string of the molecule is CC(C)n1c(COCCO)nc2cnc(Nc3ccnc(-c4cnn([S+]([O-])C5CC5)c4)n3)cc21. The molecular formula is C22H26N8O3S. The monoisotopic (exact) mass is 482 g/mol. The Kier molecular flexibility index (Phi) is 6.46. The standard InChI is InChI=1S/C22H26N8O3S/c1-14(2)30-18-9-20(24-11-17(18)26-21(30)13-33-8-7-31)27-19-5-6-23-22(28-19)15-10-25-29(12-15)34(32)16-3-4-16/h5-6,9-12,14,16,31H,3-4,7-8,13H2,1-2H3,(H,23,24,27,28). The van der Waals surface area contributed by atoms with Crippen LogP contribution in [0.5, 0.6) is 0 Å². The van der Waals surface area contributed by atoms with Crippen molar-refractivity contribution in [2.24, 2.45) is 0 Å². The van der Waals surface area contributed by atoms with E-state index >= 15 is 0 Å². The number of hydrogen-bond donors (Lipinski definition) is 2. The molecule has 34 heavy (non-hydrogen) atoms. The molecule has 1 unspecified atom stereocenters. The van der Waals surface area contributed by atoms with Gasteiger partial charge in [-0.15, -0.1) is 5.10 Å². The number of nitrogens with zero attached hydrogens (tertiary/aromatic N) is 7. The van der Waals surface area contributed by atoms with Gasteiger partial charge in [0.25, 0.3) is 0 Å². The van der Waals surface area contributed by atoms with Crippen LogP contribution >= 0.6 is 0 Å². The normalized spacial score (nSPS) is 14.7. The fourth-order valence-corrected chi connectivity index (χ4v) is 4.86. The van der Waals surface area contributed by atoms with Gasteiger partial charge in [0.2, 0.25) is 0 Å². The predicted molar refractivity (Wildman–Crippen MR) is 128 cm³/mol. The van der Waals surface area contributed by atoms with Crippen molar-refractivity contribution >= 4 is 34.0 Å². The Morgan fingerprint density at radius 3 is 2.85 bits per heavy atom. The molecule has 2 N–H and O–H groups in total. The number of fused-ring (bicyclic) bond motifs is 1. The molecule has 5 rings (SSSR count). The van der Waals surface area contributed by atoms with E-state index in [-0.39, 0.29) is 24.5 Å². The molecular weight excluding hydrogens is 456 g/mol. The van der Waals surface area contributed by atoms with Gasteiger partial charge in [-0.3, -0.25) is 0 Å². The van der Waals surface area contributed by atoms with E-state index in [1.54, 1.807) is 30.9 Å². The zero-order valence-corrected chi connectivity index (χ0v) is 19.8. The number of anilines is 2. The molecule has 178 valence electrons. The van der Waals surface area contributed by atoms with Crippen LogP contribution in [0.25, 0.3) is 22.4 Å². The molecule has 0 bridgehead atoms. The van der Waals surface area contributed by atoms with Crippen LogP contribution in [0.1, 0.15) is 38.6 Å². The van der Waals surface area contributed by atoms with E-state index in [1.165, 1.54) is 4.09 Å². The molecule has 4 heterocycles. The zero-order valence-electron chi connectivity index (χ0n) is 19.0. The molecule has 0 spiro atoms. The number of hydrogen-bond acceptors (Lipinski definition) is 9. The lowest BCUT2D eigenvalue weighted by Crippen LogP contribution is -2.17. The van der Waals surface area contributed by atoms with E-state index in [0.29, 0.717) is 29.6 Å². The van der Waals surface area contributed by atoms with Crippen LogP contribution in [0.4, 0.5) is 11.6 Å². The smallest absolute Gasteiger partial charge is 0.164 e. The minimum absolute atomic E-state index is 0.0301. The molecule has 0 aliphatic heterocycles. The van der Waals surface area contributed by atoms with Gasteiger partial charge in [-0.2, -0.15) is 0 Å². The lowest BCUT2D eigenvalue weighted by Gasteiger charge is -2.13. The topological polar surface area (TPSA) is 139 Å². The van der Waals surface area contributed by atoms with Crippen molar-refractivity contribution in [2.75, 3.05) is 18.5 Å². The number of rotatable bonds is 10. The fraction of sp³-hybridized carbons (Fsp3) is 0.409. The van der Waals surface area contributed by atoms with Gasteiger partial charge in [0.15, 0.2) is 5.82 Å². The van der Waals surface area contributed by atoms with Gasteiger partial charge in [0.05, 0.1) is 54.2 Å². The Morgan fingerprint density at radius 2 is 2.09 bits per heavy atom. The van der Waals surface area contributed by atoms with Crippen LogP contribution in [-0.2, 0) is 22.7 Å². The summed E-state index contributed by atoms with van der Waals surface area (Å²) in [6.07, 6.45) is 8.67. The summed E-state index contributed by atoms with van der Waals surface area (Å²) in [7, 11) is 0. The molecule has 1 aliphatic rings. The highest BCUT2D eigenvalue weighted by Crippen LogP contribution is 2.30. The molecule has 1 aliphatic carbocycles. The number of aliphatic hydroxyl groups is 1. The lowest BCUT2D eigenvalue weighted by molar-refractivity contribution is 0.0758. The average Bonchev–Trinajstić information content (AvgIpc) is 3.44. The summed E-state index contributed by atoms with van der Waals surface area (Å²) in [4.78, 5) is 18.1. The van der Waals surface area contributed by atoms with Gasteiger partial charge < -0.3 is 24.3 Å². The van der Waals surface area contributed by atoms with Crippen LogP contribution in [0.2, 0.25) is 0 Å². The summed E-state index contributed by atoms with van der Waals surface area (Å²) < 4.78 is 21.4. The molecule has 1 saturated carbocycles. The van der Waals surface area contributed by atoms with Gasteiger partial charge in [-0.1, -0.05) is 4.09 Å². The highest BCUT2D eigenvalue weighted by Gasteiger charge is 2.37.